The highest BCUT2D eigenvalue weighted by atomic mass is 79.9. The average molecular weight is 626 g/mol. The van der Waals surface area contributed by atoms with Gasteiger partial charge in [0.15, 0.2) is 18.2 Å². The standard InChI is InChI=1S/C29H41BrO6SSi/c1-29(2,3)38(5,6)36-22-27(23-13-9-7-10-14-23)26(21-35-28(31)34-20-12-8-11-19-30)24-15-17-25(18-16-24)37(4,32)33/h7,9-10,13-18H,8,11-12,19-22H2,1-6H3. The second-order valence-corrected chi connectivity index (χ2v) is 18.4. The Hall–Kier alpha value is -1.94. The lowest BCUT2D eigenvalue weighted by Gasteiger charge is -2.36. The number of halogens is 1. The summed E-state index contributed by atoms with van der Waals surface area (Å²) in [6.45, 7) is 11.5. The zero-order chi connectivity index (χ0) is 28.4. The summed E-state index contributed by atoms with van der Waals surface area (Å²) in [6, 6.07) is 16.5. The highest BCUT2D eigenvalue weighted by Gasteiger charge is 2.37. The van der Waals surface area contributed by atoms with E-state index in [-0.39, 0.29) is 16.5 Å². The molecule has 0 aliphatic carbocycles. The van der Waals surface area contributed by atoms with E-state index in [9.17, 15) is 13.2 Å². The molecular formula is C29H41BrO6SSi. The largest absolute Gasteiger partial charge is 0.508 e. The van der Waals surface area contributed by atoms with Crippen molar-refractivity contribution in [2.75, 3.05) is 31.4 Å². The van der Waals surface area contributed by atoms with Crippen molar-refractivity contribution in [3.05, 3.63) is 65.7 Å². The van der Waals surface area contributed by atoms with Gasteiger partial charge in [-0.05, 0) is 66.2 Å². The van der Waals surface area contributed by atoms with Crippen LogP contribution in [0.4, 0.5) is 4.79 Å². The molecule has 2 rings (SSSR count). The number of unbranched alkanes of at least 4 members (excludes halogenated alkanes) is 2. The molecule has 0 radical (unpaired) electrons. The molecule has 0 aliphatic rings. The zero-order valence-electron chi connectivity index (χ0n) is 23.4. The fraction of sp³-hybridized carbons (Fsp3) is 0.483. The van der Waals surface area contributed by atoms with E-state index in [1.165, 1.54) is 6.26 Å². The number of alkyl halides is 1. The van der Waals surface area contributed by atoms with Gasteiger partial charge in [-0.3, -0.25) is 0 Å². The summed E-state index contributed by atoms with van der Waals surface area (Å²) < 4.78 is 41.5. The van der Waals surface area contributed by atoms with Crippen LogP contribution < -0.4 is 0 Å². The van der Waals surface area contributed by atoms with Crippen LogP contribution in [0.3, 0.4) is 0 Å². The Bertz CT molecular complexity index is 1170. The average Bonchev–Trinajstić information content (AvgIpc) is 2.85. The van der Waals surface area contributed by atoms with E-state index < -0.39 is 24.3 Å². The van der Waals surface area contributed by atoms with Crippen LogP contribution in [0.5, 0.6) is 0 Å². The van der Waals surface area contributed by atoms with E-state index in [4.69, 9.17) is 13.9 Å². The van der Waals surface area contributed by atoms with Crippen LogP contribution >= 0.6 is 15.9 Å². The van der Waals surface area contributed by atoms with Crippen LogP contribution in [0.25, 0.3) is 11.1 Å². The molecule has 0 unspecified atom stereocenters. The van der Waals surface area contributed by atoms with Crippen molar-refractivity contribution in [3.63, 3.8) is 0 Å². The van der Waals surface area contributed by atoms with Crippen LogP contribution in [0.2, 0.25) is 18.1 Å². The lowest BCUT2D eigenvalue weighted by molar-refractivity contribution is 0.0634. The monoisotopic (exact) mass is 624 g/mol. The molecule has 0 aliphatic heterocycles. The van der Waals surface area contributed by atoms with Gasteiger partial charge in [-0.15, -0.1) is 0 Å². The zero-order valence-corrected chi connectivity index (χ0v) is 26.8. The highest BCUT2D eigenvalue weighted by Crippen LogP contribution is 2.38. The summed E-state index contributed by atoms with van der Waals surface area (Å²) in [6.07, 6.45) is 3.19. The lowest BCUT2D eigenvalue weighted by Crippen LogP contribution is -2.41. The Morgan fingerprint density at radius 1 is 0.842 bits per heavy atom. The van der Waals surface area contributed by atoms with Crippen LogP contribution in [0.15, 0.2) is 59.5 Å². The minimum atomic E-state index is -3.35. The molecule has 0 amide bonds. The first-order valence-corrected chi connectivity index (χ1v) is 18.8. The predicted octanol–water partition coefficient (Wildman–Crippen LogP) is 7.74. The summed E-state index contributed by atoms with van der Waals surface area (Å²) in [5, 5.41) is 0.935. The maximum absolute atomic E-state index is 12.4. The molecule has 210 valence electrons. The number of hydrogen-bond donors (Lipinski definition) is 0. The van der Waals surface area contributed by atoms with Gasteiger partial charge in [-0.2, -0.15) is 0 Å². The van der Waals surface area contributed by atoms with Crippen molar-refractivity contribution in [1.82, 2.24) is 0 Å². The number of carbonyl (C=O) groups is 1. The molecule has 0 atom stereocenters. The Morgan fingerprint density at radius 2 is 1.42 bits per heavy atom. The van der Waals surface area contributed by atoms with Gasteiger partial charge in [0.2, 0.25) is 0 Å². The summed E-state index contributed by atoms with van der Waals surface area (Å²) in [5.41, 5.74) is 3.32. The van der Waals surface area contributed by atoms with Gasteiger partial charge in [-0.25, -0.2) is 13.2 Å². The van der Waals surface area contributed by atoms with E-state index in [2.05, 4.69) is 49.8 Å². The third kappa shape index (κ3) is 9.98. The van der Waals surface area contributed by atoms with Gasteiger partial charge in [0.05, 0.1) is 18.1 Å². The van der Waals surface area contributed by atoms with Crippen molar-refractivity contribution >= 4 is 51.4 Å². The Labute approximate surface area is 238 Å². The third-order valence-electron chi connectivity index (χ3n) is 6.83. The van der Waals surface area contributed by atoms with Crippen molar-refractivity contribution < 1.29 is 27.1 Å². The summed E-state index contributed by atoms with van der Waals surface area (Å²) in [4.78, 5) is 12.6. The minimum Gasteiger partial charge on any atom is -0.434 e. The van der Waals surface area contributed by atoms with Gasteiger partial charge in [-0.1, -0.05) is 79.2 Å². The maximum atomic E-state index is 12.4. The normalized spacial score (nSPS) is 13.1. The fourth-order valence-electron chi connectivity index (χ4n) is 3.40. The topological polar surface area (TPSA) is 78.9 Å². The van der Waals surface area contributed by atoms with E-state index in [0.29, 0.717) is 13.2 Å². The molecule has 9 heteroatoms. The first-order chi connectivity index (χ1) is 17.8. The van der Waals surface area contributed by atoms with Gasteiger partial charge in [0.25, 0.3) is 0 Å². The molecule has 6 nitrogen and oxygen atoms in total. The molecule has 0 N–H and O–H groups in total. The van der Waals surface area contributed by atoms with E-state index in [1.54, 1.807) is 24.3 Å². The molecular weight excluding hydrogens is 584 g/mol. The Kier molecular flexibility index (Phi) is 12.3. The number of ether oxygens (including phenoxy) is 2. The molecule has 38 heavy (non-hydrogen) atoms. The molecule has 0 bridgehead atoms. The predicted molar refractivity (Wildman–Crippen MR) is 161 cm³/mol. The maximum Gasteiger partial charge on any atom is 0.508 e. The van der Waals surface area contributed by atoms with Crippen LogP contribution in [-0.4, -0.2) is 54.3 Å². The molecule has 0 saturated carbocycles. The van der Waals surface area contributed by atoms with Crippen LogP contribution in [0, 0.1) is 0 Å². The minimum absolute atomic E-state index is 0.0151. The first-order valence-electron chi connectivity index (χ1n) is 12.8. The van der Waals surface area contributed by atoms with Crippen LogP contribution in [0.1, 0.15) is 51.2 Å². The Balaban J connectivity index is 2.46. The number of sulfone groups is 1. The number of benzene rings is 2. The van der Waals surface area contributed by atoms with E-state index in [0.717, 1.165) is 46.9 Å². The molecule has 2 aromatic carbocycles. The first kappa shape index (κ1) is 32.3. The van der Waals surface area contributed by atoms with E-state index in [1.807, 2.05) is 30.3 Å². The summed E-state index contributed by atoms with van der Waals surface area (Å²) in [7, 11) is -5.45. The van der Waals surface area contributed by atoms with Gasteiger partial charge in [0, 0.05) is 17.2 Å². The molecule has 0 aromatic heterocycles. The second kappa shape index (κ2) is 14.4. The quantitative estimate of drug-likeness (QED) is 0.0745. The highest BCUT2D eigenvalue weighted by molar-refractivity contribution is 9.09. The van der Waals surface area contributed by atoms with E-state index >= 15 is 0 Å². The fourth-order valence-corrected chi connectivity index (χ4v) is 5.37. The Morgan fingerprint density at radius 3 is 1.97 bits per heavy atom. The molecule has 0 saturated heterocycles. The van der Waals surface area contributed by atoms with Gasteiger partial charge in [0.1, 0.15) is 6.61 Å². The van der Waals surface area contributed by atoms with Crippen molar-refractivity contribution in [2.45, 2.75) is 63.1 Å². The number of carbonyl (C=O) groups excluding carboxylic acids is 1. The summed E-state index contributed by atoms with van der Waals surface area (Å²) >= 11 is 3.40. The SMILES string of the molecule is CC(C)(C)[Si](C)(C)OCC(=C(COC(=O)OCCCCCBr)c1ccc(S(C)(=O)=O)cc1)c1ccccc1. The smallest absolute Gasteiger partial charge is 0.434 e. The molecule has 0 spiro atoms. The molecule has 2 aromatic rings. The number of rotatable bonds is 13. The molecule has 0 heterocycles. The van der Waals surface area contributed by atoms with Gasteiger partial charge >= 0.3 is 6.16 Å². The van der Waals surface area contributed by atoms with Crippen molar-refractivity contribution in [1.29, 1.82) is 0 Å². The van der Waals surface area contributed by atoms with Crippen molar-refractivity contribution in [3.8, 4) is 0 Å². The third-order valence-corrected chi connectivity index (χ3v) is 13.0. The number of hydrogen-bond acceptors (Lipinski definition) is 6. The van der Waals surface area contributed by atoms with Crippen molar-refractivity contribution in [2.24, 2.45) is 0 Å². The van der Waals surface area contributed by atoms with Gasteiger partial charge < -0.3 is 13.9 Å². The lowest BCUT2D eigenvalue weighted by atomic mass is 9.95. The molecule has 0 fully saturated rings. The van der Waals surface area contributed by atoms with Crippen LogP contribution in [-0.2, 0) is 23.7 Å². The summed E-state index contributed by atoms with van der Waals surface area (Å²) in [5.74, 6) is 0. The second-order valence-electron chi connectivity index (χ2n) is 10.8.